The number of imidazole rings is 1. The minimum atomic E-state index is -1.21. The fourth-order valence-corrected chi connectivity index (χ4v) is 13.6. The normalized spacial score (nSPS) is 12.3. The summed E-state index contributed by atoms with van der Waals surface area (Å²) in [7, 11) is 0. The van der Waals surface area contributed by atoms with Gasteiger partial charge in [0.15, 0.2) is 11.6 Å². The van der Waals surface area contributed by atoms with Crippen LogP contribution in [0.15, 0.2) is 61.1 Å². The molecule has 3 aromatic rings. The van der Waals surface area contributed by atoms with Crippen LogP contribution in [0.5, 0.6) is 11.5 Å². The zero-order chi connectivity index (χ0) is 97.1. The number of amides is 6. The SMILES string of the molecule is CC(=O)[C@H](CCCCNC(=O)COCCOCCNC(=O)COCCOCCCC(=O)CC[C@H](NC(=O)CCCCCCCCCOc1ccc(C(=O)O)cc1)C(=O)O)CC(=O)[C@H](CCCCNC(=O)COCCOCCCC(=O)COCCOCCNC(=O)CC[C@H](CC(=O)CCCCCCCCCOc1ccc(C(=O)O)cc1)C(=O)O)CC(=O)[C@H](C)NC(=O)CCc1cnc[nH]1.[HH].[HH]. The number of carboxylic acid groups (broad SMARTS) is 4. The summed E-state index contributed by atoms with van der Waals surface area (Å²) < 4.78 is 55.0. The fourth-order valence-electron chi connectivity index (χ4n) is 13.6. The van der Waals surface area contributed by atoms with Crippen molar-refractivity contribution in [2.24, 2.45) is 17.8 Å². The first-order valence-electron chi connectivity index (χ1n) is 46.9. The van der Waals surface area contributed by atoms with E-state index < -0.39 is 53.7 Å². The number of ketones is 6. The largest absolute Gasteiger partial charge is 0.494 e. The van der Waals surface area contributed by atoms with Gasteiger partial charge in [-0.3, -0.25) is 62.3 Å². The Hall–Kier alpha value is -10.4. The van der Waals surface area contributed by atoms with Crippen LogP contribution in [-0.4, -0.2) is 282 Å². The van der Waals surface area contributed by atoms with E-state index in [1.165, 1.54) is 37.5 Å². The third-order valence-corrected chi connectivity index (χ3v) is 21.4. The Bertz CT molecular complexity index is 3860. The molecule has 0 bridgehead atoms. The molecule has 0 aliphatic rings. The predicted molar refractivity (Wildman–Crippen MR) is 491 cm³/mol. The number of aliphatic carboxylic acids is 2. The van der Waals surface area contributed by atoms with Gasteiger partial charge in [-0.1, -0.05) is 77.0 Å². The molecule has 38 heteroatoms. The van der Waals surface area contributed by atoms with E-state index in [9.17, 15) is 86.9 Å². The summed E-state index contributed by atoms with van der Waals surface area (Å²) in [4.78, 5) is 205. The van der Waals surface area contributed by atoms with Crippen LogP contribution in [0.3, 0.4) is 0 Å². The number of benzene rings is 2. The van der Waals surface area contributed by atoms with E-state index in [1.54, 1.807) is 37.4 Å². The fraction of sp³-hybridized carbons (Fsp3) is 0.674. The monoisotopic (exact) mass is 1880 g/mol. The van der Waals surface area contributed by atoms with Crippen molar-refractivity contribution in [3.05, 3.63) is 77.9 Å². The number of aromatic carboxylic acids is 2. The lowest BCUT2D eigenvalue weighted by Crippen LogP contribution is -2.41. The van der Waals surface area contributed by atoms with Gasteiger partial charge in [-0.2, -0.15) is 0 Å². The lowest BCUT2D eigenvalue weighted by atomic mass is 9.83. The number of ether oxygens (including phenoxy) is 10. The van der Waals surface area contributed by atoms with E-state index in [2.05, 4.69) is 41.9 Å². The van der Waals surface area contributed by atoms with Crippen LogP contribution >= 0.6 is 0 Å². The van der Waals surface area contributed by atoms with Gasteiger partial charge in [0, 0.05) is 130 Å². The van der Waals surface area contributed by atoms with E-state index >= 15 is 0 Å². The second-order valence-electron chi connectivity index (χ2n) is 32.7. The van der Waals surface area contributed by atoms with E-state index in [4.69, 9.17) is 57.6 Å². The average molecular weight is 1880 g/mol. The highest BCUT2D eigenvalue weighted by Crippen LogP contribution is 2.25. The van der Waals surface area contributed by atoms with Gasteiger partial charge >= 0.3 is 23.9 Å². The number of nitrogens with zero attached hydrogens (tertiary/aromatic N) is 1. The number of nitrogens with one attached hydrogen (secondary N) is 7. The molecular weight excluding hydrogens is 1730 g/mol. The third kappa shape index (κ3) is 63.5. The molecule has 0 aliphatic carbocycles. The summed E-state index contributed by atoms with van der Waals surface area (Å²) in [6.07, 6.45) is 19.9. The zero-order valence-corrected chi connectivity index (χ0v) is 77.8. The first-order chi connectivity index (χ1) is 64.2. The minimum absolute atomic E-state index is 0. The third-order valence-electron chi connectivity index (χ3n) is 21.4. The van der Waals surface area contributed by atoms with E-state index in [0.29, 0.717) is 88.9 Å². The molecule has 11 N–H and O–H groups in total. The molecule has 0 spiro atoms. The molecule has 38 nitrogen and oxygen atoms in total. The van der Waals surface area contributed by atoms with E-state index in [1.807, 2.05) is 0 Å². The van der Waals surface area contributed by atoms with E-state index in [-0.39, 0.29) is 299 Å². The number of unbranched alkanes of at least 4 members (excludes halogenated alkanes) is 14. The van der Waals surface area contributed by atoms with Gasteiger partial charge in [0.25, 0.3) is 0 Å². The molecule has 3 rings (SSSR count). The number of carbonyl (C=O) groups is 16. The standard InChI is InChI=1S/C95H146N8O30.2H2/c1-70(102-88(112)42-34-77-64-96-69-101-77)84(108)63-75(24-16-18-44-98-89(113)66-129-58-54-125-48-22-27-80(107)65-128-57-55-126-51-45-99-86(110)41-33-76(94(120)121)61-79(106)25-13-9-5-3-7-11-19-49-132-81-36-29-72(30-37-81)92(116)117)85(109)62-74(71(2)104)23-15-17-43-97-90(114)67-131-60-56-127-52-46-100-91(115)68-130-59-53-124-47-21-26-78(105)35-40-83(95(122)123)103-87(111)28-14-10-6-4-8-12-20-50-133-82-38-31-73(32-39-82)93(118)119;;/h29-32,36-39,64,69-70,74-76,83H,3-28,33-35,40-63,65-68H2,1-2H3,(H,96,101)(H,97,114)(H,98,113)(H,99,110)(H,100,115)(H,102,112)(H,103,111)(H,116,117)(H,118,119)(H,120,121)(H,122,123);2*1H/t70-,74+,75+,76+,83-;;/m0../s1. The average Bonchev–Trinajstić information content (AvgIpc) is 1.18. The number of hydrogen-bond donors (Lipinski definition) is 11. The molecule has 1 aromatic heterocycles. The van der Waals surface area contributed by atoms with Crippen LogP contribution < -0.4 is 41.4 Å². The smallest absolute Gasteiger partial charge is 0.335 e. The topological polar surface area (TPSA) is 547 Å². The molecule has 2 aromatic carbocycles. The molecule has 0 unspecified atom stereocenters. The van der Waals surface area contributed by atoms with Crippen LogP contribution in [0.25, 0.3) is 0 Å². The second-order valence-corrected chi connectivity index (χ2v) is 32.7. The van der Waals surface area contributed by atoms with Crippen molar-refractivity contribution >= 4 is 94.0 Å². The van der Waals surface area contributed by atoms with Crippen molar-refractivity contribution in [3.8, 4) is 11.5 Å². The van der Waals surface area contributed by atoms with Crippen LogP contribution in [-0.2, 0) is 111 Å². The van der Waals surface area contributed by atoms with Crippen molar-refractivity contribution in [2.75, 3.05) is 145 Å². The van der Waals surface area contributed by atoms with Gasteiger partial charge in [-0.15, -0.1) is 0 Å². The Balaban J connectivity index is 0.0000456. The highest BCUT2D eigenvalue weighted by atomic mass is 16.5. The molecule has 5 atom stereocenters. The molecule has 0 fully saturated rings. The second kappa shape index (κ2) is 76.0. The number of aryl methyl sites for hydroxylation is 1. The quantitative estimate of drug-likeness (QED) is 0.0234. The maximum atomic E-state index is 14.0. The number of Topliss-reactive ketones (excluding diaryl/α,β-unsaturated/α-hetero) is 6. The first kappa shape index (κ1) is 117. The Kier molecular flexibility index (Phi) is 66.7. The number of aromatic nitrogens is 2. The molecule has 6 amide bonds. The van der Waals surface area contributed by atoms with Crippen molar-refractivity contribution < 1.29 is 147 Å². The number of aromatic amines is 1. The van der Waals surface area contributed by atoms with Crippen LogP contribution in [0.1, 0.15) is 261 Å². The molecule has 0 saturated heterocycles. The summed E-state index contributed by atoms with van der Waals surface area (Å²) in [5.74, 6) is -8.88. The summed E-state index contributed by atoms with van der Waals surface area (Å²) in [6, 6.07) is 10.5. The molecule has 750 valence electrons. The van der Waals surface area contributed by atoms with Gasteiger partial charge in [0.05, 0.1) is 109 Å². The van der Waals surface area contributed by atoms with Gasteiger partial charge in [0.1, 0.15) is 67.1 Å². The maximum Gasteiger partial charge on any atom is 0.335 e. The highest BCUT2D eigenvalue weighted by Gasteiger charge is 2.30. The number of carboxylic acids is 4. The van der Waals surface area contributed by atoms with Crippen LogP contribution in [0.4, 0.5) is 0 Å². The van der Waals surface area contributed by atoms with Crippen molar-refractivity contribution in [1.29, 1.82) is 0 Å². The number of rotatable bonds is 90. The maximum absolute atomic E-state index is 14.0. The van der Waals surface area contributed by atoms with Crippen molar-refractivity contribution in [1.82, 2.24) is 41.9 Å². The predicted octanol–water partition coefficient (Wildman–Crippen LogP) is 9.30. The van der Waals surface area contributed by atoms with Crippen molar-refractivity contribution in [2.45, 2.75) is 251 Å². The Morgan fingerprint density at radius 1 is 0.346 bits per heavy atom. The Morgan fingerprint density at radius 2 is 0.774 bits per heavy atom. The van der Waals surface area contributed by atoms with Gasteiger partial charge < -0.3 is 105 Å². The Morgan fingerprint density at radius 3 is 1.26 bits per heavy atom. The molecular formula is C95H150N8O30. The van der Waals surface area contributed by atoms with E-state index in [0.717, 1.165) is 82.7 Å². The zero-order valence-electron chi connectivity index (χ0n) is 77.8. The summed E-state index contributed by atoms with van der Waals surface area (Å²) in [6.45, 7) is 6.16. The number of carbonyl (C=O) groups excluding carboxylic acids is 12. The number of hydrogen-bond acceptors (Lipinski definition) is 27. The van der Waals surface area contributed by atoms with Crippen molar-refractivity contribution in [3.63, 3.8) is 0 Å². The molecule has 0 radical (unpaired) electrons. The summed E-state index contributed by atoms with van der Waals surface area (Å²) >= 11 is 0. The van der Waals surface area contributed by atoms with Gasteiger partial charge in [-0.05, 0) is 146 Å². The molecule has 133 heavy (non-hydrogen) atoms. The summed E-state index contributed by atoms with van der Waals surface area (Å²) in [5.41, 5.74) is 1.16. The molecule has 0 saturated carbocycles. The minimum Gasteiger partial charge on any atom is -0.494 e. The summed E-state index contributed by atoms with van der Waals surface area (Å²) in [5, 5.41) is 53.5. The highest BCUT2D eigenvalue weighted by molar-refractivity contribution is 5.95. The number of H-pyrrole nitrogens is 1. The van der Waals surface area contributed by atoms with Gasteiger partial charge in [-0.25, -0.2) is 19.4 Å². The lowest BCUT2D eigenvalue weighted by molar-refractivity contribution is -0.144. The molecule has 0 aliphatic heterocycles. The van der Waals surface area contributed by atoms with Crippen LogP contribution in [0, 0.1) is 17.8 Å². The Labute approximate surface area is 782 Å². The lowest BCUT2D eigenvalue weighted by Gasteiger charge is -2.21. The molecule has 1 heterocycles. The first-order valence-corrected chi connectivity index (χ1v) is 46.9. The van der Waals surface area contributed by atoms with Gasteiger partial charge in [0.2, 0.25) is 35.4 Å². The van der Waals surface area contributed by atoms with Crippen LogP contribution in [0.2, 0.25) is 0 Å².